The van der Waals surface area contributed by atoms with E-state index in [1.165, 1.54) is 0 Å². The highest BCUT2D eigenvalue weighted by Gasteiger charge is 2.23. The topological polar surface area (TPSA) is 78.3 Å². The minimum absolute atomic E-state index is 0.310. The number of nitrogens with zero attached hydrogens (tertiary/aromatic N) is 1. The average molecular weight is 303 g/mol. The Bertz CT molecular complexity index is 936. The van der Waals surface area contributed by atoms with E-state index < -0.39 is 0 Å². The highest BCUT2D eigenvalue weighted by molar-refractivity contribution is 6.41. The van der Waals surface area contributed by atoms with E-state index in [-0.39, 0.29) is 0 Å². The number of nitrogens with two attached hydrogens (primary N) is 1. The van der Waals surface area contributed by atoms with Crippen molar-refractivity contribution >= 4 is 39.4 Å². The zero-order chi connectivity index (χ0) is 14.7. The summed E-state index contributed by atoms with van der Waals surface area (Å²) < 4.78 is 16.8. The van der Waals surface area contributed by atoms with E-state index in [4.69, 9.17) is 30.7 Å². The first-order chi connectivity index (χ1) is 10.0. The fraction of sp³-hybridized carbons (Fsp3) is 0.133. The highest BCUT2D eigenvalue weighted by atomic mass is 35.5. The smallest absolute Gasteiger partial charge is 0.173 e. The molecule has 21 heavy (non-hydrogen) atoms. The second kappa shape index (κ2) is 4.05. The maximum Gasteiger partial charge on any atom is 0.173 e. The third-order valence-electron chi connectivity index (χ3n) is 3.42. The number of halogens is 1. The largest absolute Gasteiger partial charge is 0.461 e. The van der Waals surface area contributed by atoms with Crippen LogP contribution in [0.1, 0.15) is 11.5 Å². The molecule has 3 aromatic heterocycles. The van der Waals surface area contributed by atoms with Crippen LogP contribution in [0.5, 0.6) is 0 Å². The molecule has 0 saturated heterocycles. The molecule has 0 radical (unpaired) electrons. The average Bonchev–Trinajstić information content (AvgIpc) is 3.09. The molecule has 0 atom stereocenters. The van der Waals surface area contributed by atoms with Crippen molar-refractivity contribution in [1.82, 2.24) is 5.16 Å². The first-order valence-corrected chi connectivity index (χ1v) is 6.76. The summed E-state index contributed by atoms with van der Waals surface area (Å²) in [4.78, 5) is 0. The lowest BCUT2D eigenvalue weighted by Gasteiger charge is -2.02. The molecule has 4 rings (SSSR count). The van der Waals surface area contributed by atoms with Crippen LogP contribution < -0.4 is 5.73 Å². The second-order valence-electron chi connectivity index (χ2n) is 5.00. The van der Waals surface area contributed by atoms with Gasteiger partial charge in [0.1, 0.15) is 17.1 Å². The Kier molecular flexibility index (Phi) is 2.38. The van der Waals surface area contributed by atoms with Gasteiger partial charge in [-0.2, -0.15) is 0 Å². The van der Waals surface area contributed by atoms with Gasteiger partial charge in [-0.15, -0.1) is 0 Å². The molecular weight excluding hydrogens is 292 g/mol. The minimum Gasteiger partial charge on any atom is -0.461 e. The number of nitrogen functional groups attached to an aromatic ring is 1. The zero-order valence-electron chi connectivity index (χ0n) is 11.4. The molecule has 0 spiro atoms. The molecule has 0 amide bonds. The molecular formula is C15H11ClN2O3. The Morgan fingerprint density at radius 2 is 1.67 bits per heavy atom. The molecule has 5 nitrogen and oxygen atoms in total. The summed E-state index contributed by atoms with van der Waals surface area (Å²) >= 11 is 6.44. The molecule has 2 N–H and O–H groups in total. The molecule has 0 aliphatic rings. The zero-order valence-corrected chi connectivity index (χ0v) is 12.1. The van der Waals surface area contributed by atoms with Gasteiger partial charge in [0.15, 0.2) is 17.2 Å². The van der Waals surface area contributed by atoms with Crippen LogP contribution in [0, 0.1) is 13.8 Å². The van der Waals surface area contributed by atoms with Gasteiger partial charge in [-0.25, -0.2) is 0 Å². The number of fused-ring (bicyclic) bond motifs is 2. The van der Waals surface area contributed by atoms with Gasteiger partial charge in [-0.05, 0) is 26.0 Å². The molecule has 0 fully saturated rings. The highest BCUT2D eigenvalue weighted by Crippen LogP contribution is 2.44. The first-order valence-electron chi connectivity index (χ1n) is 6.39. The van der Waals surface area contributed by atoms with E-state index in [0.717, 1.165) is 27.9 Å². The molecule has 4 aromatic rings. The van der Waals surface area contributed by atoms with Gasteiger partial charge in [0.05, 0.1) is 10.6 Å². The molecule has 0 saturated carbocycles. The van der Waals surface area contributed by atoms with Crippen molar-refractivity contribution in [3.63, 3.8) is 0 Å². The van der Waals surface area contributed by atoms with Crippen molar-refractivity contribution in [2.45, 2.75) is 13.8 Å². The number of anilines is 1. The summed E-state index contributed by atoms with van der Waals surface area (Å²) in [5, 5.41) is 5.86. The van der Waals surface area contributed by atoms with E-state index in [9.17, 15) is 0 Å². The van der Waals surface area contributed by atoms with E-state index >= 15 is 0 Å². The SMILES string of the molecule is Cc1cc2c(-c3cc(N)no3)c3oc(C)cc3c(Cl)c2o1. The van der Waals surface area contributed by atoms with E-state index in [0.29, 0.717) is 27.8 Å². The maximum absolute atomic E-state index is 6.44. The molecule has 0 unspecified atom stereocenters. The number of benzene rings is 1. The lowest BCUT2D eigenvalue weighted by atomic mass is 10.0. The van der Waals surface area contributed by atoms with Crippen molar-refractivity contribution < 1.29 is 13.4 Å². The Morgan fingerprint density at radius 1 is 1.00 bits per heavy atom. The number of aromatic nitrogens is 1. The van der Waals surface area contributed by atoms with E-state index in [1.54, 1.807) is 6.07 Å². The maximum atomic E-state index is 6.44. The summed E-state index contributed by atoms with van der Waals surface area (Å²) in [6.07, 6.45) is 0. The molecule has 1 aromatic carbocycles. The third-order valence-corrected chi connectivity index (χ3v) is 3.79. The van der Waals surface area contributed by atoms with Gasteiger partial charge in [0.25, 0.3) is 0 Å². The molecule has 6 heteroatoms. The van der Waals surface area contributed by atoms with Crippen molar-refractivity contribution in [1.29, 1.82) is 0 Å². The molecule has 0 aliphatic heterocycles. The molecule has 3 heterocycles. The van der Waals surface area contributed by atoms with E-state index in [2.05, 4.69) is 5.16 Å². The van der Waals surface area contributed by atoms with Crippen LogP contribution in [0.4, 0.5) is 5.82 Å². The lowest BCUT2D eigenvalue weighted by Crippen LogP contribution is -1.81. The van der Waals surface area contributed by atoms with Crippen LogP contribution in [0.2, 0.25) is 5.02 Å². The van der Waals surface area contributed by atoms with Crippen molar-refractivity contribution in [3.8, 4) is 11.3 Å². The predicted molar refractivity (Wildman–Crippen MR) is 80.4 cm³/mol. The fourth-order valence-corrected chi connectivity index (χ4v) is 2.90. The van der Waals surface area contributed by atoms with Gasteiger partial charge in [0.2, 0.25) is 0 Å². The first kappa shape index (κ1) is 12.3. The Balaban J connectivity index is 2.25. The van der Waals surface area contributed by atoms with Crippen molar-refractivity contribution in [3.05, 3.63) is 34.7 Å². The predicted octanol–water partition coefficient (Wildman–Crippen LogP) is 4.69. The molecule has 0 bridgehead atoms. The van der Waals surface area contributed by atoms with Gasteiger partial charge in [-0.3, -0.25) is 0 Å². The molecule has 106 valence electrons. The van der Waals surface area contributed by atoms with Crippen molar-refractivity contribution in [2.75, 3.05) is 5.73 Å². The number of aryl methyl sites for hydroxylation is 2. The van der Waals surface area contributed by atoms with Crippen LogP contribution in [0.3, 0.4) is 0 Å². The van der Waals surface area contributed by atoms with Crippen LogP contribution in [0.25, 0.3) is 33.3 Å². The minimum atomic E-state index is 0.310. The molecule has 0 aliphatic carbocycles. The third kappa shape index (κ3) is 1.67. The fourth-order valence-electron chi connectivity index (χ4n) is 2.62. The number of hydrogen-bond acceptors (Lipinski definition) is 5. The van der Waals surface area contributed by atoms with Gasteiger partial charge < -0.3 is 19.1 Å². The number of furan rings is 2. The summed E-state index contributed by atoms with van der Waals surface area (Å²) in [5.41, 5.74) is 7.65. The van der Waals surface area contributed by atoms with Crippen LogP contribution >= 0.6 is 11.6 Å². The summed E-state index contributed by atoms with van der Waals surface area (Å²) in [5.74, 6) is 2.34. The Morgan fingerprint density at radius 3 is 2.33 bits per heavy atom. The summed E-state index contributed by atoms with van der Waals surface area (Å²) in [6.45, 7) is 3.73. The lowest BCUT2D eigenvalue weighted by molar-refractivity contribution is 0.435. The monoisotopic (exact) mass is 302 g/mol. The standard InChI is InChI=1S/C15H11ClN2O3/c1-6-3-8-12(10-5-11(17)18-21-10)14-9(4-7(2)19-14)13(16)15(8)20-6/h3-5H,1-2H3,(H2,17,18). The number of hydrogen-bond donors (Lipinski definition) is 1. The van der Waals surface area contributed by atoms with E-state index in [1.807, 2.05) is 26.0 Å². The van der Waals surface area contributed by atoms with Crippen LogP contribution in [-0.4, -0.2) is 5.16 Å². The van der Waals surface area contributed by atoms with Crippen LogP contribution in [-0.2, 0) is 0 Å². The Labute approximate surface area is 124 Å². The summed E-state index contributed by atoms with van der Waals surface area (Å²) in [6, 6.07) is 5.42. The normalized spacial score (nSPS) is 11.8. The summed E-state index contributed by atoms with van der Waals surface area (Å²) in [7, 11) is 0. The van der Waals surface area contributed by atoms with Crippen molar-refractivity contribution in [2.24, 2.45) is 0 Å². The van der Waals surface area contributed by atoms with Crippen LogP contribution in [0.15, 0.2) is 31.6 Å². The van der Waals surface area contributed by atoms with Gasteiger partial charge in [-0.1, -0.05) is 16.8 Å². The van der Waals surface area contributed by atoms with Gasteiger partial charge in [0, 0.05) is 16.8 Å². The second-order valence-corrected chi connectivity index (χ2v) is 5.38. The van der Waals surface area contributed by atoms with Gasteiger partial charge >= 0.3 is 0 Å². The Hall–Kier alpha value is -2.40. The number of rotatable bonds is 1. The quantitative estimate of drug-likeness (QED) is 0.552.